The third kappa shape index (κ3) is 1.88. The minimum absolute atomic E-state index is 0.0616. The SMILES string of the molecule is COc1cc(CC(C)N)c(Cl)c2ccoc12. The first kappa shape index (κ1) is 11.3. The molecule has 0 aliphatic rings. The predicted octanol–water partition coefficient (Wildman–Crippen LogP) is 2.98. The second-order valence-electron chi connectivity index (χ2n) is 3.90. The fourth-order valence-corrected chi connectivity index (χ4v) is 2.06. The Hall–Kier alpha value is -1.19. The zero-order chi connectivity index (χ0) is 11.7. The Kier molecular flexibility index (Phi) is 3.08. The highest BCUT2D eigenvalue weighted by Gasteiger charge is 2.14. The largest absolute Gasteiger partial charge is 0.493 e. The second kappa shape index (κ2) is 4.36. The smallest absolute Gasteiger partial charge is 0.177 e. The first-order valence-electron chi connectivity index (χ1n) is 5.11. The van der Waals surface area contributed by atoms with Gasteiger partial charge in [0.1, 0.15) is 0 Å². The van der Waals surface area contributed by atoms with Crippen LogP contribution >= 0.6 is 11.6 Å². The molecule has 0 spiro atoms. The molecule has 1 aromatic heterocycles. The number of hydrogen-bond donors (Lipinski definition) is 1. The van der Waals surface area contributed by atoms with Crippen LogP contribution in [-0.4, -0.2) is 13.2 Å². The second-order valence-corrected chi connectivity index (χ2v) is 4.27. The van der Waals surface area contributed by atoms with Gasteiger partial charge < -0.3 is 14.9 Å². The molecular formula is C12H14ClNO2. The number of methoxy groups -OCH3 is 1. The first-order chi connectivity index (χ1) is 7.63. The highest BCUT2D eigenvalue weighted by molar-refractivity contribution is 6.36. The average molecular weight is 240 g/mol. The molecule has 2 N–H and O–H groups in total. The van der Waals surface area contributed by atoms with Crippen LogP contribution in [0, 0.1) is 0 Å². The van der Waals surface area contributed by atoms with Crippen molar-refractivity contribution in [3.05, 3.63) is 29.0 Å². The van der Waals surface area contributed by atoms with Crippen LogP contribution in [-0.2, 0) is 6.42 Å². The molecule has 2 rings (SSSR count). The van der Waals surface area contributed by atoms with E-state index in [9.17, 15) is 0 Å². The van der Waals surface area contributed by atoms with Gasteiger partial charge in [0.25, 0.3) is 0 Å². The van der Waals surface area contributed by atoms with Crippen molar-refractivity contribution in [3.8, 4) is 5.75 Å². The Morgan fingerprint density at radius 1 is 1.56 bits per heavy atom. The van der Waals surface area contributed by atoms with Gasteiger partial charge in [0.2, 0.25) is 0 Å². The van der Waals surface area contributed by atoms with Crippen LogP contribution < -0.4 is 10.5 Å². The van der Waals surface area contributed by atoms with Gasteiger partial charge in [0, 0.05) is 11.4 Å². The van der Waals surface area contributed by atoms with Crippen molar-refractivity contribution in [1.82, 2.24) is 0 Å². The van der Waals surface area contributed by atoms with Gasteiger partial charge in [-0.3, -0.25) is 0 Å². The quantitative estimate of drug-likeness (QED) is 0.896. The van der Waals surface area contributed by atoms with Crippen LogP contribution in [0.1, 0.15) is 12.5 Å². The monoisotopic (exact) mass is 239 g/mol. The summed E-state index contributed by atoms with van der Waals surface area (Å²) in [6.45, 7) is 1.95. The summed E-state index contributed by atoms with van der Waals surface area (Å²) in [7, 11) is 1.61. The number of furan rings is 1. The van der Waals surface area contributed by atoms with Crippen molar-refractivity contribution in [2.75, 3.05) is 7.11 Å². The molecular weight excluding hydrogens is 226 g/mol. The molecule has 1 atom stereocenters. The van der Waals surface area contributed by atoms with E-state index in [1.165, 1.54) is 0 Å². The van der Waals surface area contributed by atoms with Gasteiger partial charge in [-0.05, 0) is 31.0 Å². The van der Waals surface area contributed by atoms with Crippen molar-refractivity contribution in [2.45, 2.75) is 19.4 Å². The van der Waals surface area contributed by atoms with Crippen LogP contribution in [0.15, 0.2) is 22.8 Å². The Balaban J connectivity index is 2.61. The summed E-state index contributed by atoms with van der Waals surface area (Å²) in [5, 5.41) is 1.57. The van der Waals surface area contributed by atoms with Gasteiger partial charge in [-0.2, -0.15) is 0 Å². The van der Waals surface area contributed by atoms with E-state index in [-0.39, 0.29) is 6.04 Å². The maximum absolute atomic E-state index is 6.28. The first-order valence-corrected chi connectivity index (χ1v) is 5.49. The molecule has 0 saturated carbocycles. The van der Waals surface area contributed by atoms with Gasteiger partial charge in [-0.15, -0.1) is 0 Å². The summed E-state index contributed by atoms with van der Waals surface area (Å²) < 4.78 is 10.6. The fourth-order valence-electron chi connectivity index (χ4n) is 1.78. The minimum Gasteiger partial charge on any atom is -0.493 e. The lowest BCUT2D eigenvalue weighted by molar-refractivity contribution is 0.409. The van der Waals surface area contributed by atoms with Crippen molar-refractivity contribution in [3.63, 3.8) is 0 Å². The molecule has 2 aromatic rings. The molecule has 0 aliphatic heterocycles. The van der Waals surface area contributed by atoms with Gasteiger partial charge in [-0.25, -0.2) is 0 Å². The lowest BCUT2D eigenvalue weighted by Gasteiger charge is -2.10. The Morgan fingerprint density at radius 3 is 2.94 bits per heavy atom. The Labute approximate surface area is 99.1 Å². The number of ether oxygens (including phenoxy) is 1. The molecule has 1 unspecified atom stereocenters. The van der Waals surface area contributed by atoms with Gasteiger partial charge in [0.15, 0.2) is 11.3 Å². The number of benzene rings is 1. The molecule has 0 fully saturated rings. The molecule has 1 heterocycles. The van der Waals surface area contributed by atoms with Crippen LogP contribution in [0.3, 0.4) is 0 Å². The topological polar surface area (TPSA) is 48.4 Å². The predicted molar refractivity (Wildman–Crippen MR) is 65.1 cm³/mol. The summed E-state index contributed by atoms with van der Waals surface area (Å²) in [5.41, 5.74) is 7.45. The van der Waals surface area contributed by atoms with Crippen molar-refractivity contribution in [1.29, 1.82) is 0 Å². The van der Waals surface area contributed by atoms with E-state index in [4.69, 9.17) is 26.5 Å². The van der Waals surface area contributed by atoms with Crippen LogP contribution in [0.25, 0.3) is 11.0 Å². The summed E-state index contributed by atoms with van der Waals surface area (Å²) >= 11 is 6.28. The summed E-state index contributed by atoms with van der Waals surface area (Å²) in [6, 6.07) is 3.79. The molecule has 86 valence electrons. The van der Waals surface area contributed by atoms with E-state index in [1.54, 1.807) is 13.4 Å². The summed E-state index contributed by atoms with van der Waals surface area (Å²) in [5.74, 6) is 0.694. The average Bonchev–Trinajstić information content (AvgIpc) is 2.70. The molecule has 0 saturated heterocycles. The third-order valence-electron chi connectivity index (χ3n) is 2.47. The van der Waals surface area contributed by atoms with Gasteiger partial charge in [-0.1, -0.05) is 11.6 Å². The molecule has 0 aliphatic carbocycles. The Morgan fingerprint density at radius 2 is 2.31 bits per heavy atom. The zero-order valence-corrected chi connectivity index (χ0v) is 10.0. The number of fused-ring (bicyclic) bond motifs is 1. The summed E-state index contributed by atoms with van der Waals surface area (Å²) in [6.07, 6.45) is 2.32. The molecule has 1 aromatic carbocycles. The van der Waals surface area contributed by atoms with E-state index < -0.39 is 0 Å². The number of rotatable bonds is 3. The maximum Gasteiger partial charge on any atom is 0.177 e. The molecule has 3 nitrogen and oxygen atoms in total. The van der Waals surface area contributed by atoms with Gasteiger partial charge in [0.05, 0.1) is 18.4 Å². The molecule has 4 heteroatoms. The van der Waals surface area contributed by atoms with E-state index in [1.807, 2.05) is 19.1 Å². The third-order valence-corrected chi connectivity index (χ3v) is 2.92. The standard InChI is InChI=1S/C12H14ClNO2/c1-7(14)5-8-6-10(15-2)12-9(11(8)13)3-4-16-12/h3-4,6-7H,5,14H2,1-2H3. The number of nitrogens with two attached hydrogens (primary N) is 1. The molecule has 0 bridgehead atoms. The van der Waals surface area contributed by atoms with Crippen LogP contribution in [0.2, 0.25) is 5.02 Å². The minimum atomic E-state index is 0.0616. The van der Waals surface area contributed by atoms with Crippen LogP contribution in [0.4, 0.5) is 0 Å². The Bertz CT molecular complexity index is 505. The van der Waals surface area contributed by atoms with Gasteiger partial charge >= 0.3 is 0 Å². The normalized spacial score (nSPS) is 13.0. The molecule has 0 amide bonds. The van der Waals surface area contributed by atoms with Crippen molar-refractivity contribution in [2.24, 2.45) is 5.73 Å². The lowest BCUT2D eigenvalue weighted by Crippen LogP contribution is -2.18. The van der Waals surface area contributed by atoms with E-state index >= 15 is 0 Å². The zero-order valence-electron chi connectivity index (χ0n) is 9.29. The number of hydrogen-bond acceptors (Lipinski definition) is 3. The molecule has 0 radical (unpaired) electrons. The lowest BCUT2D eigenvalue weighted by atomic mass is 10.1. The number of halogens is 1. The van der Waals surface area contributed by atoms with E-state index in [2.05, 4.69) is 0 Å². The van der Waals surface area contributed by atoms with E-state index in [0.717, 1.165) is 17.4 Å². The summed E-state index contributed by atoms with van der Waals surface area (Å²) in [4.78, 5) is 0. The molecule has 16 heavy (non-hydrogen) atoms. The van der Waals surface area contributed by atoms with Crippen molar-refractivity contribution < 1.29 is 9.15 Å². The highest BCUT2D eigenvalue weighted by atomic mass is 35.5. The van der Waals surface area contributed by atoms with E-state index in [0.29, 0.717) is 16.4 Å². The maximum atomic E-state index is 6.28. The van der Waals surface area contributed by atoms with Crippen LogP contribution in [0.5, 0.6) is 5.75 Å². The van der Waals surface area contributed by atoms with Crippen molar-refractivity contribution >= 4 is 22.6 Å². The fraction of sp³-hybridized carbons (Fsp3) is 0.333. The highest BCUT2D eigenvalue weighted by Crippen LogP contribution is 2.35.